The number of hydrogen-bond donors (Lipinski definition) is 0. The molecule has 94 valence electrons. The number of nitro groups is 1. The van der Waals surface area contributed by atoms with Crippen molar-refractivity contribution < 1.29 is 9.66 Å². The van der Waals surface area contributed by atoms with Gasteiger partial charge in [0.25, 0.3) is 5.69 Å². The topological polar surface area (TPSA) is 55.6 Å². The second-order valence-electron chi connectivity index (χ2n) is 3.77. The van der Waals surface area contributed by atoms with Gasteiger partial charge >= 0.3 is 0 Å². The molecule has 0 aliphatic heterocycles. The molecule has 17 heavy (non-hydrogen) atoms. The molecule has 5 nitrogen and oxygen atoms in total. The molecule has 0 spiro atoms. The Morgan fingerprint density at radius 3 is 2.82 bits per heavy atom. The molecule has 0 aliphatic carbocycles. The van der Waals surface area contributed by atoms with Crippen LogP contribution in [0.1, 0.15) is 5.56 Å². The first-order chi connectivity index (χ1) is 8.04. The lowest BCUT2D eigenvalue weighted by molar-refractivity contribution is -0.385. The highest BCUT2D eigenvalue weighted by atomic mass is 79.9. The van der Waals surface area contributed by atoms with E-state index in [-0.39, 0.29) is 10.6 Å². The molecular formula is C11H15BrN2O3. The van der Waals surface area contributed by atoms with Crippen molar-refractivity contribution in [2.45, 2.75) is 6.54 Å². The Hall–Kier alpha value is -0.980. The van der Waals surface area contributed by atoms with Crippen LogP contribution < -0.4 is 0 Å². The minimum atomic E-state index is -0.386. The molecule has 1 rings (SSSR count). The predicted molar refractivity (Wildman–Crippen MR) is 69.0 cm³/mol. The molecule has 0 unspecified atom stereocenters. The van der Waals surface area contributed by atoms with Crippen LogP contribution in [0.3, 0.4) is 0 Å². The van der Waals surface area contributed by atoms with Gasteiger partial charge in [0.1, 0.15) is 0 Å². The molecule has 1 aromatic rings. The molecule has 0 fully saturated rings. The molecule has 0 amide bonds. The number of nitro benzene ring substituents is 1. The first-order valence-corrected chi connectivity index (χ1v) is 5.94. The van der Waals surface area contributed by atoms with Gasteiger partial charge in [-0.2, -0.15) is 0 Å². The molecule has 0 aliphatic rings. The second kappa shape index (κ2) is 6.68. The Bertz CT molecular complexity index is 398. The predicted octanol–water partition coefficient (Wildman–Crippen LogP) is 2.44. The Labute approximate surface area is 109 Å². The van der Waals surface area contributed by atoms with Crippen molar-refractivity contribution in [2.75, 3.05) is 27.3 Å². The van der Waals surface area contributed by atoms with Crippen molar-refractivity contribution in [2.24, 2.45) is 0 Å². The fourth-order valence-corrected chi connectivity index (χ4v) is 1.83. The highest BCUT2D eigenvalue weighted by Crippen LogP contribution is 2.25. The first kappa shape index (κ1) is 14.1. The zero-order valence-corrected chi connectivity index (χ0v) is 11.4. The van der Waals surface area contributed by atoms with E-state index < -0.39 is 0 Å². The number of ether oxygens (including phenoxy) is 1. The lowest BCUT2D eigenvalue weighted by atomic mass is 10.2. The monoisotopic (exact) mass is 302 g/mol. The van der Waals surface area contributed by atoms with E-state index in [0.717, 1.165) is 12.1 Å². The van der Waals surface area contributed by atoms with Crippen LogP contribution in [0.15, 0.2) is 22.7 Å². The van der Waals surface area contributed by atoms with Crippen molar-refractivity contribution in [3.8, 4) is 0 Å². The number of benzene rings is 1. The molecule has 1 aromatic carbocycles. The summed E-state index contributed by atoms with van der Waals surface area (Å²) in [5, 5.41) is 10.8. The normalized spacial score (nSPS) is 10.8. The summed E-state index contributed by atoms with van der Waals surface area (Å²) in [6, 6.07) is 5.17. The zero-order chi connectivity index (χ0) is 12.8. The summed E-state index contributed by atoms with van der Waals surface area (Å²) < 4.78 is 5.48. The summed E-state index contributed by atoms with van der Waals surface area (Å²) in [4.78, 5) is 12.4. The van der Waals surface area contributed by atoms with Crippen molar-refractivity contribution in [1.82, 2.24) is 4.90 Å². The van der Waals surface area contributed by atoms with Gasteiger partial charge in [-0.3, -0.25) is 15.0 Å². The van der Waals surface area contributed by atoms with Gasteiger partial charge in [-0.05, 0) is 34.6 Å². The van der Waals surface area contributed by atoms with E-state index >= 15 is 0 Å². The third-order valence-electron chi connectivity index (χ3n) is 2.34. The minimum absolute atomic E-state index is 0.0997. The van der Waals surface area contributed by atoms with Gasteiger partial charge in [-0.25, -0.2) is 0 Å². The lowest BCUT2D eigenvalue weighted by Crippen LogP contribution is -2.22. The van der Waals surface area contributed by atoms with E-state index in [0.29, 0.717) is 17.6 Å². The van der Waals surface area contributed by atoms with Crippen LogP contribution in [0.25, 0.3) is 0 Å². The standard InChI is InChI=1S/C11H15BrN2O3/c1-13(5-6-17-2)8-9-3-4-10(12)11(7-9)14(15)16/h3-4,7H,5-6,8H2,1-2H3. The van der Waals surface area contributed by atoms with Crippen LogP contribution in [0.2, 0.25) is 0 Å². The SMILES string of the molecule is COCCN(C)Cc1ccc(Br)c([N+](=O)[O-])c1. The summed E-state index contributed by atoms with van der Waals surface area (Å²) in [6.07, 6.45) is 0. The van der Waals surface area contributed by atoms with Crippen LogP contribution in [0.5, 0.6) is 0 Å². The summed E-state index contributed by atoms with van der Waals surface area (Å²) in [5.41, 5.74) is 1.01. The average Bonchev–Trinajstić information content (AvgIpc) is 2.28. The Morgan fingerprint density at radius 1 is 1.53 bits per heavy atom. The Kier molecular flexibility index (Phi) is 5.54. The number of rotatable bonds is 6. The summed E-state index contributed by atoms with van der Waals surface area (Å²) in [7, 11) is 3.60. The second-order valence-corrected chi connectivity index (χ2v) is 4.63. The fourth-order valence-electron chi connectivity index (χ4n) is 1.43. The molecule has 0 radical (unpaired) electrons. The Morgan fingerprint density at radius 2 is 2.24 bits per heavy atom. The van der Waals surface area contributed by atoms with Gasteiger partial charge < -0.3 is 4.74 Å². The molecule has 6 heteroatoms. The summed E-state index contributed by atoms with van der Waals surface area (Å²) in [6.45, 7) is 2.10. The van der Waals surface area contributed by atoms with E-state index in [2.05, 4.69) is 20.8 Å². The van der Waals surface area contributed by atoms with Crippen LogP contribution in [0.4, 0.5) is 5.69 Å². The molecule has 0 saturated carbocycles. The summed E-state index contributed by atoms with van der Waals surface area (Å²) in [5.74, 6) is 0. The van der Waals surface area contributed by atoms with Gasteiger partial charge in [0, 0.05) is 26.3 Å². The molecule has 0 aromatic heterocycles. The maximum atomic E-state index is 10.8. The molecule has 0 saturated heterocycles. The van der Waals surface area contributed by atoms with E-state index in [9.17, 15) is 10.1 Å². The minimum Gasteiger partial charge on any atom is -0.383 e. The number of likely N-dealkylation sites (N-methyl/N-ethyl adjacent to an activating group) is 1. The van der Waals surface area contributed by atoms with Gasteiger partial charge in [0.05, 0.1) is 16.0 Å². The lowest BCUT2D eigenvalue weighted by Gasteiger charge is -2.15. The van der Waals surface area contributed by atoms with E-state index in [1.807, 2.05) is 13.1 Å². The van der Waals surface area contributed by atoms with Crippen molar-refractivity contribution in [3.63, 3.8) is 0 Å². The highest BCUT2D eigenvalue weighted by molar-refractivity contribution is 9.10. The van der Waals surface area contributed by atoms with E-state index in [4.69, 9.17) is 4.74 Å². The summed E-state index contributed by atoms with van der Waals surface area (Å²) >= 11 is 3.16. The van der Waals surface area contributed by atoms with Crippen molar-refractivity contribution >= 4 is 21.6 Å². The number of hydrogen-bond acceptors (Lipinski definition) is 4. The molecule has 0 bridgehead atoms. The number of methoxy groups -OCH3 is 1. The molecular weight excluding hydrogens is 288 g/mol. The number of halogens is 1. The van der Waals surface area contributed by atoms with Crippen LogP contribution in [-0.2, 0) is 11.3 Å². The quantitative estimate of drug-likeness (QED) is 0.598. The van der Waals surface area contributed by atoms with Crippen LogP contribution in [-0.4, -0.2) is 37.1 Å². The maximum Gasteiger partial charge on any atom is 0.283 e. The van der Waals surface area contributed by atoms with Crippen LogP contribution >= 0.6 is 15.9 Å². The zero-order valence-electron chi connectivity index (χ0n) is 9.85. The van der Waals surface area contributed by atoms with Gasteiger partial charge in [-0.1, -0.05) is 6.07 Å². The van der Waals surface area contributed by atoms with E-state index in [1.54, 1.807) is 19.2 Å². The largest absolute Gasteiger partial charge is 0.383 e. The Balaban J connectivity index is 2.72. The van der Waals surface area contributed by atoms with Gasteiger partial charge in [0.2, 0.25) is 0 Å². The first-order valence-electron chi connectivity index (χ1n) is 5.15. The highest BCUT2D eigenvalue weighted by Gasteiger charge is 2.12. The van der Waals surface area contributed by atoms with Gasteiger partial charge in [0.15, 0.2) is 0 Å². The van der Waals surface area contributed by atoms with Crippen molar-refractivity contribution in [3.05, 3.63) is 38.3 Å². The maximum absolute atomic E-state index is 10.8. The fraction of sp³-hybridized carbons (Fsp3) is 0.455. The third kappa shape index (κ3) is 4.41. The molecule has 0 heterocycles. The number of nitrogens with zero attached hydrogens (tertiary/aromatic N) is 2. The van der Waals surface area contributed by atoms with Gasteiger partial charge in [-0.15, -0.1) is 0 Å². The third-order valence-corrected chi connectivity index (χ3v) is 3.01. The van der Waals surface area contributed by atoms with E-state index in [1.165, 1.54) is 0 Å². The average molecular weight is 303 g/mol. The smallest absolute Gasteiger partial charge is 0.283 e. The molecule has 0 N–H and O–H groups in total. The van der Waals surface area contributed by atoms with Crippen LogP contribution in [0, 0.1) is 10.1 Å². The van der Waals surface area contributed by atoms with Crippen molar-refractivity contribution in [1.29, 1.82) is 0 Å². The molecule has 0 atom stereocenters.